The van der Waals surface area contributed by atoms with Crippen molar-refractivity contribution < 1.29 is 14.8 Å². The molecule has 0 saturated carbocycles. The Morgan fingerprint density at radius 1 is 0.955 bits per heavy atom. The fraction of sp³-hybridized carbons (Fsp3) is 0.0588. The van der Waals surface area contributed by atoms with Gasteiger partial charge in [0.15, 0.2) is 0 Å². The molecule has 0 unspecified atom stereocenters. The summed E-state index contributed by atoms with van der Waals surface area (Å²) in [7, 11) is -1.49. The van der Waals surface area contributed by atoms with Crippen LogP contribution in [0.15, 0.2) is 60.7 Å². The molecule has 0 aliphatic carbocycles. The van der Waals surface area contributed by atoms with Crippen LogP contribution in [0.4, 0.5) is 0 Å². The molecule has 2 N–H and O–H groups in total. The van der Waals surface area contributed by atoms with Gasteiger partial charge in [-0.1, -0.05) is 66.2 Å². The quantitative estimate of drug-likeness (QED) is 0.728. The number of ether oxygens (including phenoxy) is 1. The maximum atomic E-state index is 9.22. The van der Waals surface area contributed by atoms with Gasteiger partial charge in [-0.2, -0.15) is 0 Å². The van der Waals surface area contributed by atoms with E-state index in [-0.39, 0.29) is 0 Å². The van der Waals surface area contributed by atoms with Gasteiger partial charge >= 0.3 is 7.12 Å². The number of rotatable bonds is 4. The van der Waals surface area contributed by atoms with Crippen molar-refractivity contribution in [2.75, 3.05) is 0 Å². The monoisotopic (exact) mass is 312 g/mol. The summed E-state index contributed by atoms with van der Waals surface area (Å²) in [5.74, 6) is 0.607. The van der Waals surface area contributed by atoms with Crippen molar-refractivity contribution in [1.29, 1.82) is 0 Å². The van der Waals surface area contributed by atoms with Crippen LogP contribution in [0.25, 0.3) is 10.8 Å². The van der Waals surface area contributed by atoms with Crippen molar-refractivity contribution in [3.63, 3.8) is 0 Å². The molecule has 0 atom stereocenters. The highest BCUT2D eigenvalue weighted by molar-refractivity contribution is 6.59. The molecular formula is C17H14BClO3. The molecule has 0 aliphatic rings. The molecule has 0 bridgehead atoms. The summed E-state index contributed by atoms with van der Waals surface area (Å²) in [6.45, 7) is 0.444. The third kappa shape index (κ3) is 3.09. The van der Waals surface area contributed by atoms with E-state index >= 15 is 0 Å². The Morgan fingerprint density at radius 3 is 2.45 bits per heavy atom. The van der Waals surface area contributed by atoms with Crippen LogP contribution in [0.1, 0.15) is 5.56 Å². The lowest BCUT2D eigenvalue weighted by atomic mass is 9.79. The van der Waals surface area contributed by atoms with E-state index in [4.69, 9.17) is 16.3 Å². The lowest BCUT2D eigenvalue weighted by Crippen LogP contribution is -2.29. The molecule has 0 amide bonds. The standard InChI is InChI=1S/C17H14BClO3/c19-17-15-8-7-14(18(20)21)10-13(15)6-9-16(17)22-11-12-4-2-1-3-5-12/h1-10,20-21H,11H2. The van der Waals surface area contributed by atoms with Gasteiger partial charge in [-0.25, -0.2) is 0 Å². The van der Waals surface area contributed by atoms with Gasteiger partial charge < -0.3 is 14.8 Å². The third-order valence-electron chi connectivity index (χ3n) is 3.48. The Hall–Kier alpha value is -2.01. The minimum atomic E-state index is -1.49. The maximum Gasteiger partial charge on any atom is 0.488 e. The normalized spacial score (nSPS) is 10.7. The first-order chi connectivity index (χ1) is 10.6. The summed E-state index contributed by atoms with van der Waals surface area (Å²) in [4.78, 5) is 0. The SMILES string of the molecule is OB(O)c1ccc2c(Cl)c(OCc3ccccc3)ccc2c1. The summed E-state index contributed by atoms with van der Waals surface area (Å²) < 4.78 is 5.78. The average molecular weight is 313 g/mol. The van der Waals surface area contributed by atoms with Crippen LogP contribution in [0.3, 0.4) is 0 Å². The molecule has 0 radical (unpaired) electrons. The Morgan fingerprint density at radius 2 is 1.73 bits per heavy atom. The smallest absolute Gasteiger partial charge is 0.487 e. The molecule has 3 aromatic carbocycles. The molecule has 0 aliphatic heterocycles. The molecule has 5 heteroatoms. The molecule has 110 valence electrons. The Bertz CT molecular complexity index is 791. The van der Waals surface area contributed by atoms with E-state index in [1.54, 1.807) is 24.3 Å². The van der Waals surface area contributed by atoms with Gasteiger partial charge in [-0.3, -0.25) is 0 Å². The Kier molecular flexibility index (Phi) is 4.34. The van der Waals surface area contributed by atoms with E-state index in [0.717, 1.165) is 16.3 Å². The van der Waals surface area contributed by atoms with E-state index in [0.29, 0.717) is 22.8 Å². The van der Waals surface area contributed by atoms with Gasteiger partial charge in [0.05, 0.1) is 5.02 Å². The van der Waals surface area contributed by atoms with Crippen LogP contribution < -0.4 is 10.2 Å². The van der Waals surface area contributed by atoms with Gasteiger partial charge in [0.1, 0.15) is 12.4 Å². The van der Waals surface area contributed by atoms with Crippen LogP contribution >= 0.6 is 11.6 Å². The van der Waals surface area contributed by atoms with Crippen LogP contribution in [-0.4, -0.2) is 17.2 Å². The Labute approximate surface area is 133 Å². The summed E-state index contributed by atoms with van der Waals surface area (Å²) >= 11 is 6.39. The maximum absolute atomic E-state index is 9.22. The fourth-order valence-electron chi connectivity index (χ4n) is 2.30. The summed E-state index contributed by atoms with van der Waals surface area (Å²) in [5, 5.41) is 20.6. The molecule has 0 heterocycles. The summed E-state index contributed by atoms with van der Waals surface area (Å²) in [6.07, 6.45) is 0. The van der Waals surface area contributed by atoms with E-state index in [1.807, 2.05) is 36.4 Å². The predicted octanol–water partition coefficient (Wildman–Crippen LogP) is 2.75. The molecule has 0 aromatic heterocycles. The topological polar surface area (TPSA) is 49.7 Å². The zero-order valence-corrected chi connectivity index (χ0v) is 12.5. The molecule has 22 heavy (non-hydrogen) atoms. The van der Waals surface area contributed by atoms with Crippen molar-refractivity contribution >= 4 is 35.0 Å². The van der Waals surface area contributed by atoms with E-state index in [9.17, 15) is 10.0 Å². The van der Waals surface area contributed by atoms with Crippen LogP contribution in [0.2, 0.25) is 5.02 Å². The van der Waals surface area contributed by atoms with Gasteiger partial charge in [0.2, 0.25) is 0 Å². The first-order valence-electron chi connectivity index (χ1n) is 6.90. The number of benzene rings is 3. The lowest BCUT2D eigenvalue weighted by Gasteiger charge is -2.11. The second kappa shape index (κ2) is 6.40. The molecular weight excluding hydrogens is 298 g/mol. The van der Waals surface area contributed by atoms with Gasteiger partial charge in [0, 0.05) is 5.39 Å². The zero-order chi connectivity index (χ0) is 15.5. The van der Waals surface area contributed by atoms with Crippen LogP contribution in [0, 0.1) is 0 Å². The second-order valence-corrected chi connectivity index (χ2v) is 5.38. The largest absolute Gasteiger partial charge is 0.488 e. The van der Waals surface area contributed by atoms with Gasteiger partial charge in [-0.15, -0.1) is 0 Å². The van der Waals surface area contributed by atoms with Crippen molar-refractivity contribution in [2.24, 2.45) is 0 Å². The minimum absolute atomic E-state index is 0.432. The van der Waals surface area contributed by atoms with Crippen molar-refractivity contribution in [1.82, 2.24) is 0 Å². The molecule has 0 spiro atoms. The Balaban J connectivity index is 1.88. The number of hydrogen-bond donors (Lipinski definition) is 2. The highest BCUT2D eigenvalue weighted by Gasteiger charge is 2.13. The van der Waals surface area contributed by atoms with Crippen molar-refractivity contribution in [2.45, 2.75) is 6.61 Å². The highest BCUT2D eigenvalue weighted by Crippen LogP contribution is 2.32. The number of hydrogen-bond acceptors (Lipinski definition) is 3. The molecule has 3 rings (SSSR count). The molecule has 3 aromatic rings. The van der Waals surface area contributed by atoms with Gasteiger partial charge in [0.25, 0.3) is 0 Å². The molecule has 0 saturated heterocycles. The van der Waals surface area contributed by atoms with Gasteiger partial charge in [-0.05, 0) is 22.5 Å². The molecule has 0 fully saturated rings. The fourth-order valence-corrected chi connectivity index (χ4v) is 2.59. The van der Waals surface area contributed by atoms with Crippen molar-refractivity contribution in [3.8, 4) is 5.75 Å². The first-order valence-corrected chi connectivity index (χ1v) is 7.28. The third-order valence-corrected chi connectivity index (χ3v) is 3.87. The summed E-state index contributed by atoms with van der Waals surface area (Å²) in [5.41, 5.74) is 1.50. The average Bonchev–Trinajstić information content (AvgIpc) is 2.55. The van der Waals surface area contributed by atoms with Crippen LogP contribution in [0.5, 0.6) is 5.75 Å². The van der Waals surface area contributed by atoms with Crippen molar-refractivity contribution in [3.05, 3.63) is 71.2 Å². The lowest BCUT2D eigenvalue weighted by molar-refractivity contribution is 0.307. The number of fused-ring (bicyclic) bond motifs is 1. The zero-order valence-electron chi connectivity index (χ0n) is 11.7. The molecule has 3 nitrogen and oxygen atoms in total. The van der Waals surface area contributed by atoms with Crippen LogP contribution in [-0.2, 0) is 6.61 Å². The summed E-state index contributed by atoms with van der Waals surface area (Å²) in [6, 6.07) is 18.6. The van der Waals surface area contributed by atoms with E-state index in [2.05, 4.69) is 0 Å². The minimum Gasteiger partial charge on any atom is -0.487 e. The second-order valence-electron chi connectivity index (χ2n) is 5.01. The van der Waals surface area contributed by atoms with E-state index < -0.39 is 7.12 Å². The predicted molar refractivity (Wildman–Crippen MR) is 89.6 cm³/mol. The number of halogens is 1. The highest BCUT2D eigenvalue weighted by atomic mass is 35.5. The van der Waals surface area contributed by atoms with E-state index in [1.165, 1.54) is 0 Å². The first kappa shape index (κ1) is 14.9.